The van der Waals surface area contributed by atoms with E-state index in [4.69, 9.17) is 9.84 Å². The van der Waals surface area contributed by atoms with Crippen LogP contribution in [0.3, 0.4) is 0 Å². The maximum atomic E-state index is 13.7. The van der Waals surface area contributed by atoms with Crippen LogP contribution in [0.15, 0.2) is 18.2 Å². The van der Waals surface area contributed by atoms with E-state index < -0.39 is 11.8 Å². The molecule has 0 aliphatic carbocycles. The highest BCUT2D eigenvalue weighted by Gasteiger charge is 2.26. The lowest BCUT2D eigenvalue weighted by Gasteiger charge is -2.40. The Balaban J connectivity index is 2.29. The largest absolute Gasteiger partial charge is 0.478 e. The van der Waals surface area contributed by atoms with E-state index in [1.807, 2.05) is 6.92 Å². The molecule has 1 aromatic carbocycles. The van der Waals surface area contributed by atoms with Gasteiger partial charge in [0.05, 0.1) is 24.3 Å². The first-order chi connectivity index (χ1) is 9.02. The first kappa shape index (κ1) is 13.8. The van der Waals surface area contributed by atoms with Crippen molar-refractivity contribution >= 4 is 11.7 Å². The number of aromatic carboxylic acids is 1. The molecule has 19 heavy (non-hydrogen) atoms. The van der Waals surface area contributed by atoms with Gasteiger partial charge >= 0.3 is 5.97 Å². The van der Waals surface area contributed by atoms with Gasteiger partial charge in [-0.25, -0.2) is 9.18 Å². The van der Waals surface area contributed by atoms with E-state index in [0.717, 1.165) is 6.42 Å². The number of nitrogens with zero attached hydrogens (tertiary/aromatic N) is 1. The van der Waals surface area contributed by atoms with E-state index in [1.165, 1.54) is 12.1 Å². The molecule has 2 rings (SSSR count). The number of carbonyl (C=O) groups is 1. The molecule has 0 spiro atoms. The SMILES string of the molecule is CCC1COC(C)CN1c1ccc(C(=O)O)c(F)c1. The normalized spacial score (nSPS) is 23.4. The van der Waals surface area contributed by atoms with Crippen LogP contribution >= 0.6 is 0 Å². The first-order valence-corrected chi connectivity index (χ1v) is 6.44. The smallest absolute Gasteiger partial charge is 0.338 e. The van der Waals surface area contributed by atoms with Crippen molar-refractivity contribution in [1.29, 1.82) is 0 Å². The average Bonchev–Trinajstić information content (AvgIpc) is 2.38. The number of hydrogen-bond acceptors (Lipinski definition) is 3. The van der Waals surface area contributed by atoms with Gasteiger partial charge in [0.1, 0.15) is 5.82 Å². The summed E-state index contributed by atoms with van der Waals surface area (Å²) in [5.74, 6) is -1.94. The predicted molar refractivity (Wildman–Crippen MR) is 70.2 cm³/mol. The van der Waals surface area contributed by atoms with Gasteiger partial charge in [-0.2, -0.15) is 0 Å². The van der Waals surface area contributed by atoms with Crippen molar-refractivity contribution in [3.63, 3.8) is 0 Å². The molecule has 4 nitrogen and oxygen atoms in total. The Kier molecular flexibility index (Phi) is 4.04. The highest BCUT2D eigenvalue weighted by Crippen LogP contribution is 2.25. The molecular formula is C14H18FNO3. The Bertz CT molecular complexity index is 478. The Morgan fingerprint density at radius 2 is 2.32 bits per heavy atom. The van der Waals surface area contributed by atoms with Gasteiger partial charge in [-0.05, 0) is 31.5 Å². The van der Waals surface area contributed by atoms with Gasteiger partial charge in [0.2, 0.25) is 0 Å². The molecule has 0 aromatic heterocycles. The molecule has 0 amide bonds. The van der Waals surface area contributed by atoms with Crippen LogP contribution in [0.2, 0.25) is 0 Å². The highest BCUT2D eigenvalue weighted by molar-refractivity contribution is 5.88. The van der Waals surface area contributed by atoms with Crippen LogP contribution < -0.4 is 4.90 Å². The lowest BCUT2D eigenvalue weighted by atomic mass is 10.1. The minimum Gasteiger partial charge on any atom is -0.478 e. The van der Waals surface area contributed by atoms with Crippen LogP contribution in [-0.4, -0.2) is 36.4 Å². The lowest BCUT2D eigenvalue weighted by Crippen LogP contribution is -2.48. The third-order valence-corrected chi connectivity index (χ3v) is 3.45. The van der Waals surface area contributed by atoms with Crippen LogP contribution in [0, 0.1) is 5.82 Å². The second kappa shape index (κ2) is 5.57. The van der Waals surface area contributed by atoms with E-state index in [1.54, 1.807) is 6.07 Å². The maximum absolute atomic E-state index is 13.7. The number of ether oxygens (including phenoxy) is 1. The summed E-state index contributed by atoms with van der Waals surface area (Å²) in [6.45, 7) is 5.32. The molecule has 1 saturated heterocycles. The molecule has 1 aliphatic heterocycles. The number of anilines is 1. The number of morpholine rings is 1. The van der Waals surface area contributed by atoms with Crippen LogP contribution in [-0.2, 0) is 4.74 Å². The highest BCUT2D eigenvalue weighted by atomic mass is 19.1. The second-order valence-corrected chi connectivity index (χ2v) is 4.83. The molecule has 1 heterocycles. The van der Waals surface area contributed by atoms with Crippen LogP contribution in [0.1, 0.15) is 30.6 Å². The van der Waals surface area contributed by atoms with E-state index >= 15 is 0 Å². The van der Waals surface area contributed by atoms with Gasteiger partial charge in [0, 0.05) is 12.2 Å². The van der Waals surface area contributed by atoms with Crippen molar-refractivity contribution in [2.45, 2.75) is 32.4 Å². The molecular weight excluding hydrogens is 249 g/mol. The number of carboxylic acid groups (broad SMARTS) is 1. The summed E-state index contributed by atoms with van der Waals surface area (Å²) in [6, 6.07) is 4.48. The zero-order valence-electron chi connectivity index (χ0n) is 11.1. The minimum atomic E-state index is -1.24. The van der Waals surface area contributed by atoms with Crippen molar-refractivity contribution < 1.29 is 19.0 Å². The lowest BCUT2D eigenvalue weighted by molar-refractivity contribution is 0.0299. The summed E-state index contributed by atoms with van der Waals surface area (Å²) in [6.07, 6.45) is 0.986. The summed E-state index contributed by atoms with van der Waals surface area (Å²) >= 11 is 0. The molecule has 5 heteroatoms. The minimum absolute atomic E-state index is 0.0880. The quantitative estimate of drug-likeness (QED) is 0.914. The fourth-order valence-electron chi connectivity index (χ4n) is 2.35. The number of rotatable bonds is 3. The average molecular weight is 267 g/mol. The molecule has 1 N–H and O–H groups in total. The standard InChI is InChI=1S/C14H18FNO3/c1-3-10-8-19-9(2)7-16(10)11-4-5-12(14(17)18)13(15)6-11/h4-6,9-10H,3,7-8H2,1-2H3,(H,17,18). The number of benzene rings is 1. The third kappa shape index (κ3) is 2.87. The van der Waals surface area contributed by atoms with Crippen molar-refractivity contribution in [2.75, 3.05) is 18.1 Å². The predicted octanol–water partition coefficient (Wildman–Crippen LogP) is 2.53. The number of halogens is 1. The molecule has 0 radical (unpaired) electrons. The van der Waals surface area contributed by atoms with Gasteiger partial charge < -0.3 is 14.7 Å². The summed E-state index contributed by atoms with van der Waals surface area (Å²) < 4.78 is 19.3. The zero-order chi connectivity index (χ0) is 14.0. The molecule has 0 saturated carbocycles. The molecule has 1 fully saturated rings. The Morgan fingerprint density at radius 1 is 1.58 bits per heavy atom. The zero-order valence-corrected chi connectivity index (χ0v) is 11.1. The van der Waals surface area contributed by atoms with Crippen molar-refractivity contribution in [1.82, 2.24) is 0 Å². The van der Waals surface area contributed by atoms with Gasteiger partial charge in [0.15, 0.2) is 0 Å². The van der Waals surface area contributed by atoms with E-state index in [9.17, 15) is 9.18 Å². The maximum Gasteiger partial charge on any atom is 0.338 e. The second-order valence-electron chi connectivity index (χ2n) is 4.83. The topological polar surface area (TPSA) is 49.8 Å². The molecule has 0 bridgehead atoms. The number of hydrogen-bond donors (Lipinski definition) is 1. The molecule has 2 unspecified atom stereocenters. The van der Waals surface area contributed by atoms with Gasteiger partial charge in [-0.15, -0.1) is 0 Å². The Morgan fingerprint density at radius 3 is 2.89 bits per heavy atom. The monoisotopic (exact) mass is 267 g/mol. The fourth-order valence-corrected chi connectivity index (χ4v) is 2.35. The van der Waals surface area contributed by atoms with Gasteiger partial charge in [-0.1, -0.05) is 6.92 Å². The molecule has 2 atom stereocenters. The van der Waals surface area contributed by atoms with Crippen molar-refractivity contribution in [3.05, 3.63) is 29.6 Å². The molecule has 104 valence electrons. The van der Waals surface area contributed by atoms with Crippen LogP contribution in [0.4, 0.5) is 10.1 Å². The van der Waals surface area contributed by atoms with E-state index in [0.29, 0.717) is 18.8 Å². The van der Waals surface area contributed by atoms with Crippen molar-refractivity contribution in [2.24, 2.45) is 0 Å². The van der Waals surface area contributed by atoms with Crippen molar-refractivity contribution in [3.8, 4) is 0 Å². The van der Waals surface area contributed by atoms with Crippen LogP contribution in [0.25, 0.3) is 0 Å². The number of carboxylic acids is 1. The summed E-state index contributed by atoms with van der Waals surface area (Å²) in [5.41, 5.74) is 0.419. The van der Waals surface area contributed by atoms with E-state index in [2.05, 4.69) is 11.8 Å². The third-order valence-electron chi connectivity index (χ3n) is 3.45. The van der Waals surface area contributed by atoms with Gasteiger partial charge in [0.25, 0.3) is 0 Å². The van der Waals surface area contributed by atoms with E-state index in [-0.39, 0.29) is 17.7 Å². The first-order valence-electron chi connectivity index (χ1n) is 6.44. The Labute approximate surface area is 111 Å². The summed E-state index contributed by atoms with van der Waals surface area (Å²) in [4.78, 5) is 12.9. The molecule has 1 aromatic rings. The van der Waals surface area contributed by atoms with Crippen LogP contribution in [0.5, 0.6) is 0 Å². The molecule has 1 aliphatic rings. The Hall–Kier alpha value is -1.62. The fraction of sp³-hybridized carbons (Fsp3) is 0.500. The summed E-state index contributed by atoms with van der Waals surface area (Å²) in [7, 11) is 0. The van der Waals surface area contributed by atoms with Gasteiger partial charge in [-0.3, -0.25) is 0 Å². The summed E-state index contributed by atoms with van der Waals surface area (Å²) in [5, 5.41) is 8.83.